The molecule has 0 spiro atoms. The van der Waals surface area contributed by atoms with Crippen molar-refractivity contribution in [3.8, 4) is 5.69 Å². The van der Waals surface area contributed by atoms with Crippen LogP contribution in [0.5, 0.6) is 0 Å². The van der Waals surface area contributed by atoms with Gasteiger partial charge < -0.3 is 24.8 Å². The highest BCUT2D eigenvalue weighted by Gasteiger charge is 2.47. The molecule has 12 heteroatoms. The zero-order chi connectivity index (χ0) is 30.4. The number of nitrogens with zero attached hydrogens (tertiary/aromatic N) is 8. The molecule has 2 atom stereocenters. The van der Waals surface area contributed by atoms with Crippen molar-refractivity contribution in [1.82, 2.24) is 34.5 Å². The summed E-state index contributed by atoms with van der Waals surface area (Å²) in [7, 11) is 0. The number of carbonyl (C=O) groups is 2. The molecule has 3 aromatic heterocycles. The van der Waals surface area contributed by atoms with Crippen molar-refractivity contribution in [2.24, 2.45) is 0 Å². The first kappa shape index (κ1) is 28.1. The fourth-order valence-electron chi connectivity index (χ4n) is 6.49. The highest BCUT2D eigenvalue weighted by Crippen LogP contribution is 2.36. The van der Waals surface area contributed by atoms with Crippen molar-refractivity contribution in [3.63, 3.8) is 0 Å². The van der Waals surface area contributed by atoms with Gasteiger partial charge in [-0.2, -0.15) is 0 Å². The quantitative estimate of drug-likeness (QED) is 0.347. The van der Waals surface area contributed by atoms with E-state index in [2.05, 4.69) is 20.2 Å². The van der Waals surface area contributed by atoms with Gasteiger partial charge in [0.25, 0.3) is 5.91 Å². The third kappa shape index (κ3) is 5.40. The van der Waals surface area contributed by atoms with Crippen molar-refractivity contribution in [3.05, 3.63) is 60.7 Å². The number of nitrogens with one attached hydrogen (secondary N) is 1. The monoisotopic (exact) mass is 595 g/mol. The maximum atomic E-state index is 13.5. The average Bonchev–Trinajstić information content (AvgIpc) is 3.74. The lowest BCUT2D eigenvalue weighted by Gasteiger charge is -2.35. The van der Waals surface area contributed by atoms with Crippen LogP contribution >= 0.6 is 0 Å². The number of piperidine rings is 1. The molecule has 0 radical (unpaired) electrons. The van der Waals surface area contributed by atoms with Gasteiger partial charge in [-0.25, -0.2) is 19.4 Å². The molecule has 1 aromatic carbocycles. The summed E-state index contributed by atoms with van der Waals surface area (Å²) in [5, 5.41) is 9.10. The maximum absolute atomic E-state index is 13.5. The number of pyridine rings is 1. The predicted octanol–water partition coefficient (Wildman–Crippen LogP) is 4.78. The molecule has 3 fully saturated rings. The Hall–Kier alpha value is -4.74. The summed E-state index contributed by atoms with van der Waals surface area (Å²) in [5.41, 5.74) is 1.73. The van der Waals surface area contributed by atoms with Crippen LogP contribution in [0.4, 0.5) is 22.2 Å². The smallest absolute Gasteiger partial charge is 0.410 e. The molecule has 12 nitrogen and oxygen atoms in total. The van der Waals surface area contributed by atoms with Crippen LogP contribution < -0.4 is 10.2 Å². The Labute approximate surface area is 256 Å². The van der Waals surface area contributed by atoms with Crippen LogP contribution in [0.2, 0.25) is 0 Å². The molecular formula is C32H37N9O3. The summed E-state index contributed by atoms with van der Waals surface area (Å²) in [6.45, 7) is 8.53. The Morgan fingerprint density at radius 1 is 0.955 bits per heavy atom. The van der Waals surface area contributed by atoms with E-state index in [1.54, 1.807) is 24.8 Å². The van der Waals surface area contributed by atoms with Gasteiger partial charge in [-0.1, -0.05) is 0 Å². The molecule has 0 saturated carbocycles. The third-order valence-corrected chi connectivity index (χ3v) is 8.52. The minimum atomic E-state index is -0.528. The lowest BCUT2D eigenvalue weighted by Crippen LogP contribution is -2.50. The summed E-state index contributed by atoms with van der Waals surface area (Å²) in [6, 6.07) is 9.93. The van der Waals surface area contributed by atoms with Gasteiger partial charge in [-0.05, 0) is 70.7 Å². The van der Waals surface area contributed by atoms with Gasteiger partial charge in [-0.15, -0.1) is 5.10 Å². The first-order valence-electron chi connectivity index (χ1n) is 15.3. The number of carbonyl (C=O) groups excluding carboxylic acids is 2. The van der Waals surface area contributed by atoms with Gasteiger partial charge in [0.1, 0.15) is 17.2 Å². The highest BCUT2D eigenvalue weighted by atomic mass is 16.6. The SMILES string of the molecule is CC(C)(C)OC(=O)N1C[C@@H]2C[C@H]1CN2c1cc(-n2nc(Nc3cnccn3)c3ccc(C(=O)N4CCCCC4)cc32)ccn1. The van der Waals surface area contributed by atoms with E-state index in [9.17, 15) is 9.59 Å². The molecule has 44 heavy (non-hydrogen) atoms. The zero-order valence-corrected chi connectivity index (χ0v) is 25.3. The fourth-order valence-corrected chi connectivity index (χ4v) is 6.49. The second-order valence-electron chi connectivity index (χ2n) is 12.8. The second-order valence-corrected chi connectivity index (χ2v) is 12.8. The van der Waals surface area contributed by atoms with Crippen molar-refractivity contribution in [2.45, 2.75) is 64.1 Å². The molecule has 0 aliphatic carbocycles. The lowest BCUT2D eigenvalue weighted by molar-refractivity contribution is 0.0214. The van der Waals surface area contributed by atoms with Gasteiger partial charge in [0.15, 0.2) is 5.82 Å². The van der Waals surface area contributed by atoms with E-state index >= 15 is 0 Å². The first-order chi connectivity index (χ1) is 21.2. The van der Waals surface area contributed by atoms with Crippen LogP contribution in [0.1, 0.15) is 56.8 Å². The van der Waals surface area contributed by atoms with Crippen LogP contribution in [0.3, 0.4) is 0 Å². The van der Waals surface area contributed by atoms with Crippen LogP contribution in [0, 0.1) is 0 Å². The van der Waals surface area contributed by atoms with E-state index in [0.29, 0.717) is 30.3 Å². The Morgan fingerprint density at radius 2 is 1.80 bits per heavy atom. The second kappa shape index (κ2) is 11.1. The number of likely N-dealkylation sites (tertiary alicyclic amines) is 2. The standard InChI is InChI=1S/C32H37N9O3/c1-32(2,3)44-31(43)40-20-23-16-24(40)19-39(23)28-17-22(9-10-35-28)41-26-15-21(30(42)38-13-5-4-6-14-38)7-8-25(26)29(37-41)36-27-18-33-11-12-34-27/h7-12,15,17-18,23-24H,4-6,13-14,16,19-20H2,1-3H3,(H,34,36,37)/t23-,24-/m0/s1. The van der Waals surface area contributed by atoms with E-state index in [4.69, 9.17) is 14.8 Å². The number of aromatic nitrogens is 5. The van der Waals surface area contributed by atoms with E-state index in [0.717, 1.165) is 61.2 Å². The van der Waals surface area contributed by atoms with Crippen molar-refractivity contribution in [1.29, 1.82) is 0 Å². The number of ether oxygens (including phenoxy) is 1. The molecule has 3 aliphatic heterocycles. The summed E-state index contributed by atoms with van der Waals surface area (Å²) in [5.74, 6) is 2.06. The molecule has 2 amide bonds. The van der Waals surface area contributed by atoms with Gasteiger partial charge in [0.2, 0.25) is 0 Å². The molecule has 0 unspecified atom stereocenters. The molecule has 4 aromatic rings. The first-order valence-corrected chi connectivity index (χ1v) is 15.3. The molecule has 3 aliphatic rings. The summed E-state index contributed by atoms with van der Waals surface area (Å²) in [6.07, 6.45) is 10.5. The zero-order valence-electron chi connectivity index (χ0n) is 25.3. The number of anilines is 3. The fraction of sp³-hybridized carbons (Fsp3) is 0.438. The van der Waals surface area contributed by atoms with Crippen LogP contribution in [-0.4, -0.2) is 90.4 Å². The number of rotatable bonds is 5. The highest BCUT2D eigenvalue weighted by molar-refractivity contribution is 6.01. The van der Waals surface area contributed by atoms with Crippen LogP contribution in [0.25, 0.3) is 16.6 Å². The minimum Gasteiger partial charge on any atom is -0.444 e. The van der Waals surface area contributed by atoms with Gasteiger partial charge >= 0.3 is 6.09 Å². The summed E-state index contributed by atoms with van der Waals surface area (Å²) >= 11 is 0. The number of amides is 2. The molecule has 228 valence electrons. The summed E-state index contributed by atoms with van der Waals surface area (Å²) in [4.78, 5) is 45.5. The number of hydrogen-bond acceptors (Lipinski definition) is 9. The Morgan fingerprint density at radius 3 is 2.52 bits per heavy atom. The van der Waals surface area contributed by atoms with Gasteiger partial charge in [-0.3, -0.25) is 9.78 Å². The van der Waals surface area contributed by atoms with Gasteiger partial charge in [0, 0.05) is 61.8 Å². The number of fused-ring (bicyclic) bond motifs is 3. The largest absolute Gasteiger partial charge is 0.444 e. The Bertz CT molecular complexity index is 1690. The molecule has 7 rings (SSSR count). The number of hydrogen-bond donors (Lipinski definition) is 1. The van der Waals surface area contributed by atoms with Crippen LogP contribution in [0.15, 0.2) is 55.1 Å². The summed E-state index contributed by atoms with van der Waals surface area (Å²) < 4.78 is 7.50. The Kier molecular flexibility index (Phi) is 7.06. The van der Waals surface area contributed by atoms with Crippen LogP contribution in [-0.2, 0) is 4.74 Å². The van der Waals surface area contributed by atoms with E-state index in [-0.39, 0.29) is 24.1 Å². The Balaban J connectivity index is 1.21. The predicted molar refractivity (Wildman–Crippen MR) is 166 cm³/mol. The molecule has 6 heterocycles. The molecular weight excluding hydrogens is 558 g/mol. The lowest BCUT2D eigenvalue weighted by atomic mass is 10.1. The normalized spacial score (nSPS) is 19.9. The van der Waals surface area contributed by atoms with E-state index in [1.165, 1.54) is 0 Å². The number of piperazine rings is 1. The molecule has 3 saturated heterocycles. The van der Waals surface area contributed by atoms with Crippen molar-refractivity contribution in [2.75, 3.05) is 36.4 Å². The molecule has 2 bridgehead atoms. The minimum absolute atomic E-state index is 0.0424. The average molecular weight is 596 g/mol. The number of benzene rings is 1. The van der Waals surface area contributed by atoms with E-state index in [1.807, 2.05) is 65.6 Å². The maximum Gasteiger partial charge on any atom is 0.410 e. The molecule has 1 N–H and O–H groups in total. The third-order valence-electron chi connectivity index (χ3n) is 8.52. The van der Waals surface area contributed by atoms with Gasteiger partial charge in [0.05, 0.1) is 29.5 Å². The van der Waals surface area contributed by atoms with E-state index < -0.39 is 5.60 Å². The van der Waals surface area contributed by atoms with Crippen molar-refractivity contribution < 1.29 is 14.3 Å². The topological polar surface area (TPSA) is 122 Å². The van der Waals surface area contributed by atoms with Crippen molar-refractivity contribution >= 4 is 40.4 Å².